The van der Waals surface area contributed by atoms with Crippen LogP contribution in [-0.2, 0) is 57.6 Å². The Hall–Kier alpha value is -6.20. The van der Waals surface area contributed by atoms with E-state index in [4.69, 9.17) is 42.3 Å². The number of H-pyrrole nitrogens is 1. The number of morpholine rings is 1. The molecule has 3 aromatic carbocycles. The number of aromatic amines is 1. The first-order valence-corrected chi connectivity index (χ1v) is 29.9. The molecule has 1 aromatic heterocycles. The van der Waals surface area contributed by atoms with E-state index in [9.17, 15) is 33.9 Å². The maximum atomic E-state index is 14.0. The van der Waals surface area contributed by atoms with Crippen molar-refractivity contribution in [2.24, 2.45) is 0 Å². The van der Waals surface area contributed by atoms with Gasteiger partial charge in [-0.05, 0) is 90.3 Å². The Labute approximate surface area is 476 Å². The van der Waals surface area contributed by atoms with Crippen molar-refractivity contribution >= 4 is 32.1 Å². The van der Waals surface area contributed by atoms with Crippen LogP contribution >= 0.6 is 0 Å². The topological polar surface area (TPSA) is 242 Å². The summed E-state index contributed by atoms with van der Waals surface area (Å²) in [6, 6.07) is 24.4. The van der Waals surface area contributed by atoms with E-state index in [1.54, 1.807) is 21.1 Å². The molecule has 81 heavy (non-hydrogen) atoms. The Morgan fingerprint density at radius 1 is 0.802 bits per heavy atom. The Morgan fingerprint density at radius 2 is 1.37 bits per heavy atom. The summed E-state index contributed by atoms with van der Waals surface area (Å²) in [5, 5.41) is 12.2. The molecule has 4 aromatic rings. The zero-order valence-electron chi connectivity index (χ0n) is 48.9. The van der Waals surface area contributed by atoms with E-state index < -0.39 is 97.9 Å². The second-order valence-corrected chi connectivity index (χ2v) is 27.4. The van der Waals surface area contributed by atoms with Gasteiger partial charge in [0.25, 0.3) is 5.56 Å². The highest BCUT2D eigenvalue weighted by Crippen LogP contribution is 2.46. The summed E-state index contributed by atoms with van der Waals surface area (Å²) in [5.74, 6) is -1.81. The summed E-state index contributed by atoms with van der Waals surface area (Å²) >= 11 is 0. The standard InChI is InChI=1S/C60H83N4O16Si/c1-38(2)81(39(3)4,40(5)6)76-37-59(36-75-60(45-19-15-13-16-20-45,46-21-25-48(72-11)26-22-46)47-23-27-49(73-12)28-24-47)35-63(34-51(80-59)64-33-41(7)56(70)62-58(64)71)31-17-14-18-32-74-57-53(61-42(8)65)55(78-44(10)67)54(77-43(9)66)50(79-57)29-30-52(68)69/h13,15-16,19-29,33,38-40,50-51,53-55,57H,14,17-18,30-32,34-37H2,1-12H3,(H,61,65)(H,68,69)(H,62,70,71)/t50-,51-,53-,54-,55-,57-,59+/m1/s1. The lowest BCUT2D eigenvalue weighted by molar-refractivity contribution is -0.265. The number of carbonyl (C=O) groups is 4. The number of aliphatic carboxylic acids is 1. The quantitative estimate of drug-likeness (QED) is 0.0215. The number of rotatable bonds is 28. The number of aromatic nitrogens is 2. The number of carbonyl (C=O) groups excluding carboxylic acids is 3. The second-order valence-electron chi connectivity index (χ2n) is 22.0. The number of hydrogen-bond acceptors (Lipinski definition) is 16. The van der Waals surface area contributed by atoms with Gasteiger partial charge in [0.05, 0.1) is 33.9 Å². The number of carboxylic acid groups (broad SMARTS) is 1. The molecule has 2 aliphatic heterocycles. The molecule has 0 bridgehead atoms. The number of benzene rings is 3. The zero-order valence-corrected chi connectivity index (χ0v) is 49.9. The smallest absolute Gasteiger partial charge is 0.330 e. The minimum atomic E-state index is -2.62. The average molecular weight is 1140 g/mol. The maximum absolute atomic E-state index is 14.0. The Balaban J connectivity index is 1.37. The minimum absolute atomic E-state index is 0.0367. The van der Waals surface area contributed by atoms with Crippen LogP contribution < -0.4 is 26.0 Å². The van der Waals surface area contributed by atoms with Gasteiger partial charge in [-0.2, -0.15) is 0 Å². The fourth-order valence-corrected chi connectivity index (χ4v) is 17.2. The van der Waals surface area contributed by atoms with E-state index in [2.05, 4.69) is 56.7 Å². The molecule has 2 fully saturated rings. The molecule has 1 radical (unpaired) electrons. The molecule has 0 unspecified atom stereocenters. The first-order valence-electron chi connectivity index (χ1n) is 27.8. The fourth-order valence-electron chi connectivity index (χ4n) is 11.7. The van der Waals surface area contributed by atoms with Crippen LogP contribution in [0.1, 0.15) is 116 Å². The molecule has 3 heterocycles. The number of methoxy groups -OCH3 is 2. The lowest BCUT2D eigenvalue weighted by Crippen LogP contribution is -2.66. The van der Waals surface area contributed by atoms with Gasteiger partial charge in [0.2, 0.25) is 5.91 Å². The van der Waals surface area contributed by atoms with Gasteiger partial charge >= 0.3 is 23.6 Å². The highest BCUT2D eigenvalue weighted by atomic mass is 28.4. The highest BCUT2D eigenvalue weighted by Gasteiger charge is 2.53. The van der Waals surface area contributed by atoms with E-state index in [0.29, 0.717) is 49.4 Å². The number of nitrogens with one attached hydrogen (secondary N) is 2. The predicted octanol–water partition coefficient (Wildman–Crippen LogP) is 7.59. The summed E-state index contributed by atoms with van der Waals surface area (Å²) in [5.41, 5.74) is -0.203. The third-order valence-corrected chi connectivity index (χ3v) is 21.3. The average Bonchev–Trinajstić information content (AvgIpc) is 3.60. The summed E-state index contributed by atoms with van der Waals surface area (Å²) in [6.07, 6.45) is -1.83. The van der Waals surface area contributed by atoms with Crippen LogP contribution in [0.25, 0.3) is 0 Å². The summed E-state index contributed by atoms with van der Waals surface area (Å²) in [6.45, 7) is 19.8. The highest BCUT2D eigenvalue weighted by molar-refractivity contribution is 6.77. The molecular formula is C60H83N4O16Si. The van der Waals surface area contributed by atoms with Gasteiger partial charge in [0, 0.05) is 58.6 Å². The van der Waals surface area contributed by atoms with Crippen LogP contribution in [0.2, 0.25) is 16.6 Å². The largest absolute Gasteiger partial charge is 0.497 e. The number of esters is 2. The van der Waals surface area contributed by atoms with Crippen molar-refractivity contribution in [3.63, 3.8) is 0 Å². The van der Waals surface area contributed by atoms with Crippen LogP contribution in [0.5, 0.6) is 11.5 Å². The number of nitrogens with zero attached hydrogens (tertiary/aromatic N) is 2. The number of amides is 1. The van der Waals surface area contributed by atoms with Gasteiger partial charge in [-0.1, -0.05) is 96.1 Å². The minimum Gasteiger partial charge on any atom is -0.497 e. The number of carboxylic acids is 1. The van der Waals surface area contributed by atoms with Crippen molar-refractivity contribution in [3.05, 3.63) is 135 Å². The van der Waals surface area contributed by atoms with Crippen molar-refractivity contribution in [2.45, 2.75) is 160 Å². The molecule has 3 N–H and O–H groups in total. The molecule has 443 valence electrons. The monoisotopic (exact) mass is 1140 g/mol. The first kappa shape index (κ1) is 64.0. The zero-order chi connectivity index (χ0) is 59.2. The predicted molar refractivity (Wildman–Crippen MR) is 304 cm³/mol. The SMILES string of the molecule is COc1ccc(C(OC[C@]2(CO[Si](C(C)C)(C(C)C)C(C)C)CN(CCCCCO[C@@H]3O[C@H]([CH]CC(=O)O)[C@@H](OC(C)=O)[C@H](OC(C)=O)[C@H]3NC(C)=O)C[C@H](n3cc(C)c(=O)[nH]c3=O)O2)(c2ccccc2)c2ccc(OC)cc2)cc1. The lowest BCUT2D eigenvalue weighted by Gasteiger charge is -2.50. The van der Waals surface area contributed by atoms with Gasteiger partial charge in [0.1, 0.15) is 34.8 Å². The molecule has 2 aliphatic rings. The number of unbranched alkanes of at least 4 members (excludes halogenated alkanes) is 2. The Morgan fingerprint density at radius 3 is 1.90 bits per heavy atom. The van der Waals surface area contributed by atoms with Crippen LogP contribution in [0.15, 0.2) is 94.6 Å². The molecular weight excluding hydrogens is 1060 g/mol. The van der Waals surface area contributed by atoms with Gasteiger partial charge in [-0.15, -0.1) is 0 Å². The molecule has 6 rings (SSSR count). The van der Waals surface area contributed by atoms with Gasteiger partial charge in [0.15, 0.2) is 33.0 Å². The normalized spacial score (nSPS) is 21.7. The molecule has 0 saturated carbocycles. The second kappa shape index (κ2) is 28.7. The van der Waals surface area contributed by atoms with Crippen LogP contribution in [0, 0.1) is 13.3 Å². The van der Waals surface area contributed by atoms with E-state index >= 15 is 0 Å². The van der Waals surface area contributed by atoms with E-state index in [0.717, 1.165) is 23.6 Å². The van der Waals surface area contributed by atoms with Crippen molar-refractivity contribution in [3.8, 4) is 11.5 Å². The molecule has 21 heteroatoms. The number of ether oxygens (including phenoxy) is 8. The Bertz CT molecular complexity index is 2760. The van der Waals surface area contributed by atoms with Crippen molar-refractivity contribution in [2.75, 3.05) is 53.7 Å². The van der Waals surface area contributed by atoms with Gasteiger partial charge in [-0.3, -0.25) is 38.4 Å². The molecule has 0 spiro atoms. The van der Waals surface area contributed by atoms with Crippen molar-refractivity contribution < 1.29 is 66.6 Å². The molecule has 20 nitrogen and oxygen atoms in total. The van der Waals surface area contributed by atoms with Gasteiger partial charge < -0.3 is 52.7 Å². The third kappa shape index (κ3) is 15.7. The Kier molecular flexibility index (Phi) is 22.6. The molecule has 0 aliphatic carbocycles. The third-order valence-electron chi connectivity index (χ3n) is 15.3. The summed E-state index contributed by atoms with van der Waals surface area (Å²) in [4.78, 5) is 80.5. The molecule has 1 amide bonds. The fraction of sp³-hybridized carbons (Fsp3) is 0.550. The van der Waals surface area contributed by atoms with Crippen LogP contribution in [0.4, 0.5) is 0 Å². The van der Waals surface area contributed by atoms with Gasteiger partial charge in [-0.25, -0.2) is 4.79 Å². The molecule has 2 saturated heterocycles. The van der Waals surface area contributed by atoms with E-state index in [-0.39, 0.29) is 43.0 Å². The first-order chi connectivity index (χ1) is 38.5. The number of aryl methyl sites for hydroxylation is 1. The summed E-state index contributed by atoms with van der Waals surface area (Å²) in [7, 11) is 0.616. The molecule has 7 atom stereocenters. The van der Waals surface area contributed by atoms with Crippen LogP contribution in [0.3, 0.4) is 0 Å². The van der Waals surface area contributed by atoms with E-state index in [1.807, 2.05) is 78.9 Å². The summed E-state index contributed by atoms with van der Waals surface area (Å²) < 4.78 is 58.9. The number of hydrogen-bond donors (Lipinski definition) is 3. The maximum Gasteiger partial charge on any atom is 0.330 e. The van der Waals surface area contributed by atoms with Crippen LogP contribution in [-0.4, -0.2) is 142 Å². The van der Waals surface area contributed by atoms with E-state index in [1.165, 1.54) is 31.0 Å². The lowest BCUT2D eigenvalue weighted by atomic mass is 9.79. The van der Waals surface area contributed by atoms with Crippen molar-refractivity contribution in [1.29, 1.82) is 0 Å². The van der Waals surface area contributed by atoms with Crippen molar-refractivity contribution in [1.82, 2.24) is 19.8 Å².